The van der Waals surface area contributed by atoms with Gasteiger partial charge in [-0.05, 0) is 30.5 Å². The average molecular weight is 447 g/mol. The average Bonchev–Trinajstić information content (AvgIpc) is 2.55. The molecular weight excluding hydrogens is 417 g/mol. The molecule has 1 fully saturated rings. The molecule has 136 valence electrons. The fraction of sp³-hybridized carbons (Fsp3) is 0.611. The summed E-state index contributed by atoms with van der Waals surface area (Å²) in [6.07, 6.45) is 1.99. The topological polar surface area (TPSA) is 37.3 Å². The first-order valence-corrected chi connectivity index (χ1v) is 8.10. The van der Waals surface area contributed by atoms with Crippen LogP contribution in [-0.4, -0.2) is 70.8 Å². The van der Waals surface area contributed by atoms with Gasteiger partial charge in [0.25, 0.3) is 0 Å². The molecular formula is C18H30IN3O2. The number of hydrogen-bond acceptors (Lipinski definition) is 3. The molecule has 24 heavy (non-hydrogen) atoms. The van der Waals surface area contributed by atoms with E-state index in [1.54, 1.807) is 7.11 Å². The number of methoxy groups -OCH3 is 1. The van der Waals surface area contributed by atoms with Crippen LogP contribution < -0.4 is 4.74 Å². The quantitative estimate of drug-likeness (QED) is 0.404. The first-order chi connectivity index (χ1) is 11.0. The highest BCUT2D eigenvalue weighted by atomic mass is 127. The lowest BCUT2D eigenvalue weighted by atomic mass is 9.74. The summed E-state index contributed by atoms with van der Waals surface area (Å²) < 4.78 is 10.9. The van der Waals surface area contributed by atoms with E-state index in [1.165, 1.54) is 5.56 Å². The second kappa shape index (κ2) is 9.46. The van der Waals surface area contributed by atoms with E-state index in [9.17, 15) is 0 Å². The number of benzene rings is 1. The Balaban J connectivity index is 0.00000288. The van der Waals surface area contributed by atoms with E-state index in [4.69, 9.17) is 14.5 Å². The molecule has 0 aromatic heterocycles. The highest BCUT2D eigenvalue weighted by Crippen LogP contribution is 2.36. The van der Waals surface area contributed by atoms with Crippen LogP contribution in [-0.2, 0) is 10.2 Å². The van der Waals surface area contributed by atoms with Crippen molar-refractivity contribution in [3.63, 3.8) is 0 Å². The Morgan fingerprint density at radius 3 is 2.08 bits per heavy atom. The van der Waals surface area contributed by atoms with Crippen LogP contribution in [0.4, 0.5) is 0 Å². The van der Waals surface area contributed by atoms with Crippen LogP contribution in [0.2, 0.25) is 0 Å². The molecule has 2 rings (SSSR count). The fourth-order valence-electron chi connectivity index (χ4n) is 3.15. The molecule has 0 saturated carbocycles. The van der Waals surface area contributed by atoms with Crippen LogP contribution in [0.3, 0.4) is 0 Å². The molecule has 0 atom stereocenters. The Labute approximate surface area is 163 Å². The van der Waals surface area contributed by atoms with Gasteiger partial charge in [-0.1, -0.05) is 12.1 Å². The minimum atomic E-state index is 0. The van der Waals surface area contributed by atoms with Gasteiger partial charge in [-0.25, -0.2) is 0 Å². The van der Waals surface area contributed by atoms with Gasteiger partial charge in [0.2, 0.25) is 0 Å². The fourth-order valence-corrected chi connectivity index (χ4v) is 3.15. The molecule has 0 aliphatic carbocycles. The van der Waals surface area contributed by atoms with Gasteiger partial charge in [-0.2, -0.15) is 0 Å². The van der Waals surface area contributed by atoms with Crippen LogP contribution in [0.25, 0.3) is 0 Å². The molecule has 0 spiro atoms. The molecule has 1 heterocycles. The van der Waals surface area contributed by atoms with Crippen LogP contribution in [0.5, 0.6) is 5.75 Å². The minimum absolute atomic E-state index is 0. The second-order valence-electron chi connectivity index (χ2n) is 6.53. The first kappa shape index (κ1) is 21.0. The van der Waals surface area contributed by atoms with E-state index in [1.807, 2.05) is 40.3 Å². The molecule has 1 aliphatic heterocycles. The molecule has 5 nitrogen and oxygen atoms in total. The summed E-state index contributed by atoms with van der Waals surface area (Å²) in [7, 11) is 9.82. The number of ether oxygens (including phenoxy) is 2. The largest absolute Gasteiger partial charge is 0.497 e. The molecule has 0 amide bonds. The zero-order valence-corrected chi connectivity index (χ0v) is 17.7. The van der Waals surface area contributed by atoms with Gasteiger partial charge >= 0.3 is 0 Å². The Kier molecular flexibility index (Phi) is 8.29. The number of nitrogens with zero attached hydrogens (tertiary/aromatic N) is 3. The molecule has 1 aromatic rings. The molecule has 6 heteroatoms. The van der Waals surface area contributed by atoms with Crippen molar-refractivity contribution in [3.05, 3.63) is 29.8 Å². The zero-order valence-electron chi connectivity index (χ0n) is 15.4. The van der Waals surface area contributed by atoms with Gasteiger partial charge < -0.3 is 19.3 Å². The van der Waals surface area contributed by atoms with E-state index < -0.39 is 0 Å². The van der Waals surface area contributed by atoms with Crippen molar-refractivity contribution in [1.29, 1.82) is 0 Å². The van der Waals surface area contributed by atoms with Gasteiger partial charge in [0.15, 0.2) is 5.96 Å². The van der Waals surface area contributed by atoms with Gasteiger partial charge in [-0.3, -0.25) is 4.99 Å². The summed E-state index contributed by atoms with van der Waals surface area (Å²) in [6, 6.07) is 8.42. The minimum Gasteiger partial charge on any atom is -0.497 e. The Hall–Kier alpha value is -1.02. The summed E-state index contributed by atoms with van der Waals surface area (Å²) in [5.74, 6) is 1.88. The molecule has 0 radical (unpaired) electrons. The maximum absolute atomic E-state index is 5.60. The standard InChI is InChI=1S/C18H29N3O2.HI/c1-20(2)17(21(3)4)19-14-18(10-12-23-13-11-18)15-6-8-16(22-5)9-7-15;/h6-9H,10-14H2,1-5H3;1H. The number of guanidine groups is 1. The molecule has 0 bridgehead atoms. The van der Waals surface area contributed by atoms with Crippen molar-refractivity contribution in [2.75, 3.05) is 55.1 Å². The Bertz CT molecular complexity index is 514. The highest BCUT2D eigenvalue weighted by molar-refractivity contribution is 14.0. The van der Waals surface area contributed by atoms with Crippen LogP contribution in [0.15, 0.2) is 29.3 Å². The Morgan fingerprint density at radius 2 is 1.62 bits per heavy atom. The predicted octanol–water partition coefficient (Wildman–Crippen LogP) is 2.84. The van der Waals surface area contributed by atoms with Crippen LogP contribution in [0, 0.1) is 0 Å². The molecule has 0 unspecified atom stereocenters. The number of halogens is 1. The van der Waals surface area contributed by atoms with Gasteiger partial charge in [-0.15, -0.1) is 24.0 Å². The third-order valence-electron chi connectivity index (χ3n) is 4.48. The van der Waals surface area contributed by atoms with Gasteiger partial charge in [0.1, 0.15) is 5.75 Å². The van der Waals surface area contributed by atoms with Crippen molar-refractivity contribution in [2.45, 2.75) is 18.3 Å². The van der Waals surface area contributed by atoms with E-state index in [2.05, 4.69) is 21.9 Å². The summed E-state index contributed by atoms with van der Waals surface area (Å²) in [4.78, 5) is 9.03. The van der Waals surface area contributed by atoms with Gasteiger partial charge in [0.05, 0.1) is 13.7 Å². The summed E-state index contributed by atoms with van der Waals surface area (Å²) >= 11 is 0. The maximum Gasteiger partial charge on any atom is 0.195 e. The zero-order chi connectivity index (χ0) is 16.9. The summed E-state index contributed by atoms with van der Waals surface area (Å²) in [5, 5.41) is 0. The predicted molar refractivity (Wildman–Crippen MR) is 110 cm³/mol. The first-order valence-electron chi connectivity index (χ1n) is 8.10. The van der Waals surface area contributed by atoms with E-state index in [-0.39, 0.29) is 29.4 Å². The number of hydrogen-bond donors (Lipinski definition) is 0. The van der Waals surface area contributed by atoms with Crippen LogP contribution in [0.1, 0.15) is 18.4 Å². The maximum atomic E-state index is 5.60. The molecule has 1 aromatic carbocycles. The lowest BCUT2D eigenvalue weighted by Crippen LogP contribution is -2.40. The van der Waals surface area contributed by atoms with Gasteiger partial charge in [0, 0.05) is 46.8 Å². The number of rotatable bonds is 4. The van der Waals surface area contributed by atoms with Crippen molar-refractivity contribution in [3.8, 4) is 5.75 Å². The Morgan fingerprint density at radius 1 is 1.08 bits per heavy atom. The van der Waals surface area contributed by atoms with Crippen molar-refractivity contribution in [1.82, 2.24) is 9.80 Å². The van der Waals surface area contributed by atoms with E-state index in [0.29, 0.717) is 0 Å². The smallest absolute Gasteiger partial charge is 0.195 e. The van der Waals surface area contributed by atoms with Crippen molar-refractivity contribution in [2.24, 2.45) is 4.99 Å². The molecule has 1 saturated heterocycles. The SMILES string of the molecule is COc1ccc(C2(CN=C(N(C)C)N(C)C)CCOCC2)cc1.I. The van der Waals surface area contributed by atoms with Crippen molar-refractivity contribution < 1.29 is 9.47 Å². The lowest BCUT2D eigenvalue weighted by Gasteiger charge is -2.37. The molecule has 0 N–H and O–H groups in total. The third-order valence-corrected chi connectivity index (χ3v) is 4.48. The summed E-state index contributed by atoms with van der Waals surface area (Å²) in [6.45, 7) is 2.36. The second-order valence-corrected chi connectivity index (χ2v) is 6.53. The monoisotopic (exact) mass is 447 g/mol. The highest BCUT2D eigenvalue weighted by Gasteiger charge is 2.34. The number of aliphatic imine (C=N–C) groups is 1. The molecule has 1 aliphatic rings. The third kappa shape index (κ3) is 4.99. The normalized spacial score (nSPS) is 15.9. The van der Waals surface area contributed by atoms with E-state index in [0.717, 1.165) is 44.3 Å². The van der Waals surface area contributed by atoms with Crippen LogP contribution >= 0.6 is 24.0 Å². The van der Waals surface area contributed by atoms with Crippen molar-refractivity contribution >= 4 is 29.9 Å². The van der Waals surface area contributed by atoms with E-state index >= 15 is 0 Å². The summed E-state index contributed by atoms with van der Waals surface area (Å²) in [5.41, 5.74) is 1.36. The lowest BCUT2D eigenvalue weighted by molar-refractivity contribution is 0.0529.